The molecule has 0 bridgehead atoms. The van der Waals surface area contributed by atoms with Crippen molar-refractivity contribution in [3.63, 3.8) is 0 Å². The molecule has 0 aliphatic carbocycles. The Hall–Kier alpha value is -1.71. The molecule has 1 amide bonds. The quantitative estimate of drug-likeness (QED) is 0.538. The van der Waals surface area contributed by atoms with E-state index < -0.39 is 0 Å². The van der Waals surface area contributed by atoms with Gasteiger partial charge in [-0.3, -0.25) is 4.79 Å². The highest BCUT2D eigenvalue weighted by Gasteiger charge is 2.10. The molecule has 4 heteroatoms. The average molecular weight is 292 g/mol. The molecule has 1 rings (SSSR count). The Labute approximate surface area is 128 Å². The Kier molecular flexibility index (Phi) is 7.65. The summed E-state index contributed by atoms with van der Waals surface area (Å²) in [6.07, 6.45) is 5.93. The van der Waals surface area contributed by atoms with Gasteiger partial charge in [0.1, 0.15) is 5.75 Å². The van der Waals surface area contributed by atoms with Crippen molar-refractivity contribution in [3.05, 3.63) is 23.8 Å². The molecule has 4 nitrogen and oxygen atoms in total. The molecule has 0 saturated heterocycles. The van der Waals surface area contributed by atoms with Crippen molar-refractivity contribution >= 4 is 11.6 Å². The number of hydrogen-bond donors (Lipinski definition) is 2. The van der Waals surface area contributed by atoms with Crippen molar-refractivity contribution in [1.82, 2.24) is 5.32 Å². The van der Waals surface area contributed by atoms with Gasteiger partial charge in [0.05, 0.1) is 12.3 Å². The molecule has 1 aromatic rings. The zero-order valence-electron chi connectivity index (χ0n) is 13.4. The number of ether oxygens (including phenoxy) is 1. The van der Waals surface area contributed by atoms with Gasteiger partial charge >= 0.3 is 0 Å². The van der Waals surface area contributed by atoms with Crippen molar-refractivity contribution in [3.8, 4) is 5.75 Å². The van der Waals surface area contributed by atoms with Gasteiger partial charge in [0, 0.05) is 11.6 Å². The Morgan fingerprint density at radius 1 is 1.24 bits per heavy atom. The molecule has 0 aliphatic rings. The van der Waals surface area contributed by atoms with Crippen LogP contribution in [0, 0.1) is 0 Å². The van der Waals surface area contributed by atoms with Crippen molar-refractivity contribution in [2.24, 2.45) is 0 Å². The lowest BCUT2D eigenvalue weighted by Gasteiger charge is -2.12. The van der Waals surface area contributed by atoms with Gasteiger partial charge in [-0.2, -0.15) is 0 Å². The van der Waals surface area contributed by atoms with Gasteiger partial charge in [0.2, 0.25) is 0 Å². The van der Waals surface area contributed by atoms with Gasteiger partial charge in [0.15, 0.2) is 0 Å². The van der Waals surface area contributed by atoms with Gasteiger partial charge in [0.25, 0.3) is 5.91 Å². The highest BCUT2D eigenvalue weighted by Crippen LogP contribution is 2.23. The van der Waals surface area contributed by atoms with E-state index in [0.29, 0.717) is 23.6 Å². The zero-order valence-corrected chi connectivity index (χ0v) is 13.4. The molecule has 0 saturated carbocycles. The lowest BCUT2D eigenvalue weighted by atomic mass is 10.1. The van der Waals surface area contributed by atoms with Crippen LogP contribution in [0.1, 0.15) is 63.2 Å². The summed E-state index contributed by atoms with van der Waals surface area (Å²) in [6.45, 7) is 6.71. The summed E-state index contributed by atoms with van der Waals surface area (Å²) in [5, 5.41) is 2.86. The number of carbonyl (C=O) groups excluding carboxylic acids is 1. The maximum atomic E-state index is 12.0. The SMILES string of the molecule is CCCCCCCOc1cc(C(=O)NC(C)C)ccc1N. The largest absolute Gasteiger partial charge is 0.491 e. The number of unbranched alkanes of at least 4 members (excludes halogenated alkanes) is 4. The minimum atomic E-state index is -0.0993. The number of hydrogen-bond acceptors (Lipinski definition) is 3. The summed E-state index contributed by atoms with van der Waals surface area (Å²) in [5.74, 6) is 0.500. The fourth-order valence-corrected chi connectivity index (χ4v) is 2.03. The molecule has 0 spiro atoms. The van der Waals surface area contributed by atoms with E-state index in [1.54, 1.807) is 18.2 Å². The summed E-state index contributed by atoms with van der Waals surface area (Å²) < 4.78 is 5.71. The fraction of sp³-hybridized carbons (Fsp3) is 0.588. The van der Waals surface area contributed by atoms with Crippen molar-refractivity contribution in [1.29, 1.82) is 0 Å². The molecule has 3 N–H and O–H groups in total. The summed E-state index contributed by atoms with van der Waals surface area (Å²) >= 11 is 0. The molecule has 0 atom stereocenters. The number of amides is 1. The van der Waals surface area contributed by atoms with Crippen molar-refractivity contribution in [2.75, 3.05) is 12.3 Å². The van der Waals surface area contributed by atoms with Crippen LogP contribution in [-0.2, 0) is 0 Å². The van der Waals surface area contributed by atoms with Crippen LogP contribution >= 0.6 is 0 Å². The molecule has 0 aliphatic heterocycles. The highest BCUT2D eigenvalue weighted by molar-refractivity contribution is 5.95. The van der Waals surface area contributed by atoms with Gasteiger partial charge in [-0.25, -0.2) is 0 Å². The molecular formula is C17H28N2O2. The minimum absolute atomic E-state index is 0.0993. The van der Waals surface area contributed by atoms with Gasteiger partial charge in [-0.15, -0.1) is 0 Å². The maximum absolute atomic E-state index is 12.0. The number of benzene rings is 1. The number of nitrogen functional groups attached to an aromatic ring is 1. The van der Waals surface area contributed by atoms with Gasteiger partial charge in [-0.05, 0) is 38.5 Å². The second-order valence-corrected chi connectivity index (χ2v) is 5.64. The van der Waals surface area contributed by atoms with Crippen LogP contribution in [0.5, 0.6) is 5.75 Å². The lowest BCUT2D eigenvalue weighted by Crippen LogP contribution is -2.30. The third-order valence-corrected chi connectivity index (χ3v) is 3.20. The van der Waals surface area contributed by atoms with Crippen LogP contribution in [0.25, 0.3) is 0 Å². The first kappa shape index (κ1) is 17.3. The van der Waals surface area contributed by atoms with Crippen LogP contribution in [0.2, 0.25) is 0 Å². The van der Waals surface area contributed by atoms with E-state index in [4.69, 9.17) is 10.5 Å². The normalized spacial score (nSPS) is 10.7. The third kappa shape index (κ3) is 6.52. The smallest absolute Gasteiger partial charge is 0.251 e. The molecule has 118 valence electrons. The van der Waals surface area contributed by atoms with E-state index in [9.17, 15) is 4.79 Å². The first-order valence-electron chi connectivity index (χ1n) is 7.87. The number of rotatable bonds is 9. The Morgan fingerprint density at radius 3 is 2.62 bits per heavy atom. The Bertz CT molecular complexity index is 444. The first-order chi connectivity index (χ1) is 10.0. The average Bonchev–Trinajstić information content (AvgIpc) is 2.43. The number of carbonyl (C=O) groups is 1. The van der Waals surface area contributed by atoms with Crippen LogP contribution < -0.4 is 15.8 Å². The Morgan fingerprint density at radius 2 is 1.95 bits per heavy atom. The summed E-state index contributed by atoms with van der Waals surface area (Å²) in [4.78, 5) is 12.0. The van der Waals surface area contributed by atoms with Gasteiger partial charge < -0.3 is 15.8 Å². The van der Waals surface area contributed by atoms with E-state index in [2.05, 4.69) is 12.2 Å². The third-order valence-electron chi connectivity index (χ3n) is 3.20. The fourth-order valence-electron chi connectivity index (χ4n) is 2.03. The van der Waals surface area contributed by atoms with E-state index in [1.807, 2.05) is 13.8 Å². The summed E-state index contributed by atoms with van der Waals surface area (Å²) in [6, 6.07) is 5.28. The van der Waals surface area contributed by atoms with E-state index in [-0.39, 0.29) is 11.9 Å². The standard InChI is InChI=1S/C17H28N2O2/c1-4-5-6-7-8-11-21-16-12-14(9-10-15(16)18)17(20)19-13(2)3/h9-10,12-13H,4-8,11,18H2,1-3H3,(H,19,20). The van der Waals surface area contributed by atoms with Crippen LogP contribution in [0.3, 0.4) is 0 Å². The monoisotopic (exact) mass is 292 g/mol. The Balaban J connectivity index is 2.51. The topological polar surface area (TPSA) is 64.3 Å². The molecule has 0 aromatic heterocycles. The molecule has 0 fully saturated rings. The van der Waals surface area contributed by atoms with Crippen molar-refractivity contribution in [2.45, 2.75) is 58.9 Å². The number of nitrogens with two attached hydrogens (primary N) is 1. The second kappa shape index (κ2) is 9.27. The van der Waals surface area contributed by atoms with Crippen molar-refractivity contribution < 1.29 is 9.53 Å². The summed E-state index contributed by atoms with van der Waals surface area (Å²) in [7, 11) is 0. The van der Waals surface area contributed by atoms with Crippen LogP contribution in [-0.4, -0.2) is 18.6 Å². The van der Waals surface area contributed by atoms with E-state index >= 15 is 0 Å². The van der Waals surface area contributed by atoms with Crippen LogP contribution in [0.15, 0.2) is 18.2 Å². The minimum Gasteiger partial charge on any atom is -0.491 e. The van der Waals surface area contributed by atoms with Crippen LogP contribution in [0.4, 0.5) is 5.69 Å². The molecule has 21 heavy (non-hydrogen) atoms. The molecular weight excluding hydrogens is 264 g/mol. The predicted octanol–water partition coefficient (Wildman–Crippen LogP) is 3.76. The molecule has 0 heterocycles. The molecule has 1 aromatic carbocycles. The van der Waals surface area contributed by atoms with Gasteiger partial charge in [-0.1, -0.05) is 32.6 Å². The number of nitrogens with one attached hydrogen (secondary N) is 1. The zero-order chi connectivity index (χ0) is 15.7. The summed E-state index contributed by atoms with van der Waals surface area (Å²) in [5.41, 5.74) is 7.05. The highest BCUT2D eigenvalue weighted by atomic mass is 16.5. The second-order valence-electron chi connectivity index (χ2n) is 5.64. The first-order valence-corrected chi connectivity index (χ1v) is 7.87. The molecule has 0 radical (unpaired) electrons. The van der Waals surface area contributed by atoms with E-state index in [0.717, 1.165) is 6.42 Å². The lowest BCUT2D eigenvalue weighted by molar-refractivity contribution is 0.0942. The predicted molar refractivity (Wildman–Crippen MR) is 87.7 cm³/mol. The van der Waals surface area contributed by atoms with E-state index in [1.165, 1.54) is 25.7 Å². The maximum Gasteiger partial charge on any atom is 0.251 e. The number of anilines is 1. The molecule has 0 unspecified atom stereocenters.